The molecule has 3 N–H and O–H groups in total. The van der Waals surface area contributed by atoms with E-state index in [9.17, 15) is 4.79 Å². The molecule has 0 heterocycles. The average molecular weight is 99.1 g/mol. The predicted molar refractivity (Wildman–Crippen MR) is 23.8 cm³/mol. The third kappa shape index (κ3) is 2.73. The molecule has 1 amide bonds. The Morgan fingerprint density at radius 3 is 2.71 bits per heavy atom. The van der Waals surface area contributed by atoms with Gasteiger partial charge in [-0.1, -0.05) is 0 Å². The number of carbonyl (C=O) groups is 1. The Hall–Kier alpha value is -1.08. The van der Waals surface area contributed by atoms with E-state index >= 15 is 0 Å². The molecule has 0 saturated heterocycles. The number of amides is 1. The van der Waals surface area contributed by atoms with Crippen LogP contribution in [0, 0.1) is 6.57 Å². The maximum absolute atomic E-state index is 9.96. The Kier molecular flexibility index (Phi) is 2.64. The molecule has 0 fully saturated rings. The zero-order valence-electron chi connectivity index (χ0n) is 3.64. The van der Waals surface area contributed by atoms with Gasteiger partial charge in [-0.3, -0.25) is 10.2 Å². The summed E-state index contributed by atoms with van der Waals surface area (Å²) >= 11 is 0. The molecule has 0 bridgehead atoms. The van der Waals surface area contributed by atoms with Crippen LogP contribution in [0.3, 0.4) is 0 Å². The molecular weight excluding hydrogens is 94.1 g/mol. The van der Waals surface area contributed by atoms with Crippen molar-refractivity contribution in [2.24, 2.45) is 5.84 Å². The van der Waals surface area contributed by atoms with Crippen LogP contribution in [0.15, 0.2) is 0 Å². The minimum Gasteiger partial charge on any atom is -0.306 e. The molecule has 0 radical (unpaired) electrons. The van der Waals surface area contributed by atoms with E-state index in [1.165, 1.54) is 0 Å². The van der Waals surface area contributed by atoms with E-state index in [0.717, 1.165) is 0 Å². The highest BCUT2D eigenvalue weighted by atomic mass is 16.2. The van der Waals surface area contributed by atoms with Crippen molar-refractivity contribution in [3.05, 3.63) is 11.4 Å². The molecule has 0 atom stereocenters. The average Bonchev–Trinajstić information content (AvgIpc) is 1.68. The first-order chi connectivity index (χ1) is 3.31. The van der Waals surface area contributed by atoms with Crippen LogP contribution in [0.1, 0.15) is 0 Å². The standard InChI is InChI=1S/C3H5N3O/c1-5-2-3(7)6-4/h2,4H2,(H,6,7). The van der Waals surface area contributed by atoms with E-state index in [4.69, 9.17) is 6.57 Å². The third-order valence-electron chi connectivity index (χ3n) is 0.384. The zero-order chi connectivity index (χ0) is 5.70. The second-order valence-corrected chi connectivity index (χ2v) is 0.884. The summed E-state index contributed by atoms with van der Waals surface area (Å²) in [6.45, 7) is 5.96. The summed E-state index contributed by atoms with van der Waals surface area (Å²) in [5.74, 6) is 4.17. The van der Waals surface area contributed by atoms with Crippen molar-refractivity contribution >= 4 is 5.91 Å². The smallest absolute Gasteiger partial charge is 0.306 e. The molecule has 0 aliphatic carbocycles. The van der Waals surface area contributed by atoms with Gasteiger partial charge >= 0.3 is 5.91 Å². The number of nitrogens with one attached hydrogen (secondary N) is 1. The number of hydrazine groups is 1. The van der Waals surface area contributed by atoms with Crippen LogP contribution in [-0.4, -0.2) is 12.5 Å². The van der Waals surface area contributed by atoms with Gasteiger partial charge in [-0.2, -0.15) is 0 Å². The quantitative estimate of drug-likeness (QED) is 0.190. The van der Waals surface area contributed by atoms with E-state index in [2.05, 4.69) is 10.7 Å². The molecule has 0 aromatic heterocycles. The number of hydrogen-bond donors (Lipinski definition) is 2. The number of hydrogen-bond acceptors (Lipinski definition) is 2. The molecule has 0 aliphatic rings. The van der Waals surface area contributed by atoms with Gasteiger partial charge in [0, 0.05) is 0 Å². The lowest BCUT2D eigenvalue weighted by Gasteiger charge is -1.83. The van der Waals surface area contributed by atoms with Crippen LogP contribution in [0.25, 0.3) is 4.85 Å². The lowest BCUT2D eigenvalue weighted by molar-refractivity contribution is -0.119. The molecule has 0 saturated carbocycles. The molecule has 0 spiro atoms. The van der Waals surface area contributed by atoms with Crippen LogP contribution in [0.2, 0.25) is 0 Å². The summed E-state index contributed by atoms with van der Waals surface area (Å²) in [6, 6.07) is 0. The maximum Gasteiger partial charge on any atom is 0.313 e. The van der Waals surface area contributed by atoms with Crippen LogP contribution < -0.4 is 11.3 Å². The predicted octanol–water partition coefficient (Wildman–Crippen LogP) is -1.10. The van der Waals surface area contributed by atoms with Gasteiger partial charge in [0.1, 0.15) is 0 Å². The Labute approximate surface area is 41.1 Å². The summed E-state index contributed by atoms with van der Waals surface area (Å²) in [6.07, 6.45) is 0. The van der Waals surface area contributed by atoms with Crippen LogP contribution in [-0.2, 0) is 4.79 Å². The molecular formula is C3H5N3O. The number of nitrogens with two attached hydrogens (primary N) is 1. The van der Waals surface area contributed by atoms with E-state index in [-0.39, 0.29) is 6.54 Å². The van der Waals surface area contributed by atoms with Crippen molar-refractivity contribution in [2.75, 3.05) is 6.54 Å². The number of nitrogens with zero attached hydrogens (tertiary/aromatic N) is 1. The van der Waals surface area contributed by atoms with E-state index in [1.807, 2.05) is 5.43 Å². The van der Waals surface area contributed by atoms with Gasteiger partial charge in [-0.05, 0) is 0 Å². The largest absolute Gasteiger partial charge is 0.313 e. The summed E-state index contributed by atoms with van der Waals surface area (Å²) in [7, 11) is 0. The van der Waals surface area contributed by atoms with Crippen molar-refractivity contribution in [2.45, 2.75) is 0 Å². The van der Waals surface area contributed by atoms with Crippen molar-refractivity contribution in [3.63, 3.8) is 0 Å². The molecule has 4 heteroatoms. The Balaban J connectivity index is 3.23. The topological polar surface area (TPSA) is 59.5 Å². The first kappa shape index (κ1) is 5.92. The summed E-state index contributed by atoms with van der Waals surface area (Å²) in [5.41, 5.74) is 1.81. The molecule has 0 rings (SSSR count). The van der Waals surface area contributed by atoms with Gasteiger partial charge in [0.05, 0.1) is 0 Å². The maximum atomic E-state index is 9.96. The van der Waals surface area contributed by atoms with Crippen LogP contribution >= 0.6 is 0 Å². The Morgan fingerprint density at radius 1 is 2.00 bits per heavy atom. The second kappa shape index (κ2) is 3.12. The van der Waals surface area contributed by atoms with Gasteiger partial charge < -0.3 is 4.85 Å². The zero-order valence-corrected chi connectivity index (χ0v) is 3.64. The second-order valence-electron chi connectivity index (χ2n) is 0.884. The fraction of sp³-hybridized carbons (Fsp3) is 0.333. The molecule has 0 aromatic carbocycles. The molecule has 38 valence electrons. The SMILES string of the molecule is [C-]#[N+]CC(=O)NN. The molecule has 0 aromatic rings. The number of rotatable bonds is 1. The highest BCUT2D eigenvalue weighted by molar-refractivity contribution is 5.78. The highest BCUT2D eigenvalue weighted by Crippen LogP contribution is 1.62. The van der Waals surface area contributed by atoms with Gasteiger partial charge in [-0.25, -0.2) is 12.4 Å². The van der Waals surface area contributed by atoms with Crippen molar-refractivity contribution in [3.8, 4) is 0 Å². The third-order valence-corrected chi connectivity index (χ3v) is 0.384. The minimum absolute atomic E-state index is 0.184. The van der Waals surface area contributed by atoms with E-state index in [1.54, 1.807) is 0 Å². The van der Waals surface area contributed by atoms with Crippen LogP contribution in [0.5, 0.6) is 0 Å². The first-order valence-electron chi connectivity index (χ1n) is 1.64. The number of carbonyl (C=O) groups excluding carboxylic acids is 1. The lowest BCUT2D eigenvalue weighted by Crippen LogP contribution is -2.31. The lowest BCUT2D eigenvalue weighted by atomic mass is 10.6. The van der Waals surface area contributed by atoms with Crippen molar-refractivity contribution in [1.82, 2.24) is 5.43 Å². The molecule has 4 nitrogen and oxygen atoms in total. The molecule has 7 heavy (non-hydrogen) atoms. The molecule has 0 aliphatic heterocycles. The van der Waals surface area contributed by atoms with Crippen LogP contribution in [0.4, 0.5) is 0 Å². The van der Waals surface area contributed by atoms with Gasteiger partial charge in [0.25, 0.3) is 6.54 Å². The Bertz CT molecular complexity index is 103. The molecule has 0 unspecified atom stereocenters. The summed E-state index contributed by atoms with van der Waals surface area (Å²) < 4.78 is 0. The summed E-state index contributed by atoms with van der Waals surface area (Å²) in [5, 5.41) is 0. The Morgan fingerprint density at radius 2 is 2.57 bits per heavy atom. The monoisotopic (exact) mass is 99.0 g/mol. The van der Waals surface area contributed by atoms with Gasteiger partial charge in [0.2, 0.25) is 0 Å². The highest BCUT2D eigenvalue weighted by Gasteiger charge is 1.95. The minimum atomic E-state index is -0.449. The van der Waals surface area contributed by atoms with Crippen molar-refractivity contribution < 1.29 is 4.79 Å². The van der Waals surface area contributed by atoms with E-state index in [0.29, 0.717) is 0 Å². The first-order valence-corrected chi connectivity index (χ1v) is 1.64. The fourth-order valence-corrected chi connectivity index (χ4v) is 0.117. The fourth-order valence-electron chi connectivity index (χ4n) is 0.117. The normalized spacial score (nSPS) is 6.86. The van der Waals surface area contributed by atoms with Crippen molar-refractivity contribution in [1.29, 1.82) is 0 Å². The van der Waals surface area contributed by atoms with Gasteiger partial charge in [-0.15, -0.1) is 0 Å². The van der Waals surface area contributed by atoms with Gasteiger partial charge in [0.15, 0.2) is 0 Å². The van der Waals surface area contributed by atoms with E-state index < -0.39 is 5.91 Å². The summed E-state index contributed by atoms with van der Waals surface area (Å²) in [4.78, 5) is 12.7.